The smallest absolute Gasteiger partial charge is 0.223 e. The minimum absolute atomic E-state index is 0.0537. The molecule has 0 aliphatic carbocycles. The van der Waals surface area contributed by atoms with Crippen molar-refractivity contribution in [1.29, 1.82) is 0 Å². The van der Waals surface area contributed by atoms with E-state index in [1.807, 2.05) is 0 Å². The normalized spacial score (nSPS) is 20.3. The first-order valence-electron chi connectivity index (χ1n) is 11.5. The molecule has 2 aliphatic rings. The fourth-order valence-corrected chi connectivity index (χ4v) is 5.73. The van der Waals surface area contributed by atoms with Crippen LogP contribution < -0.4 is 5.32 Å². The first-order chi connectivity index (χ1) is 14.5. The molecular formula is C23H37N3O3S. The van der Waals surface area contributed by atoms with Crippen LogP contribution in [0.1, 0.15) is 44.6 Å². The lowest BCUT2D eigenvalue weighted by Gasteiger charge is -2.32. The highest BCUT2D eigenvalue weighted by atomic mass is 32.2. The second kappa shape index (κ2) is 11.3. The van der Waals surface area contributed by atoms with Crippen LogP contribution >= 0.6 is 0 Å². The number of piperidine rings is 2. The number of hydrogen-bond donors (Lipinski definition) is 1. The van der Waals surface area contributed by atoms with Crippen molar-refractivity contribution in [3.05, 3.63) is 35.9 Å². The summed E-state index contributed by atoms with van der Waals surface area (Å²) in [5.74, 6) is 0.950. The molecular weight excluding hydrogens is 398 g/mol. The average Bonchev–Trinajstić information content (AvgIpc) is 2.78. The molecule has 1 amide bonds. The maximum atomic E-state index is 12.4. The number of nitrogens with zero attached hydrogens (tertiary/aromatic N) is 2. The Morgan fingerprint density at radius 1 is 1.03 bits per heavy atom. The lowest BCUT2D eigenvalue weighted by atomic mass is 9.90. The molecule has 1 aromatic rings. The van der Waals surface area contributed by atoms with E-state index in [9.17, 15) is 13.2 Å². The van der Waals surface area contributed by atoms with Gasteiger partial charge in [0.25, 0.3) is 0 Å². The molecule has 0 saturated carbocycles. The summed E-state index contributed by atoms with van der Waals surface area (Å²) in [6.07, 6.45) is 5.90. The van der Waals surface area contributed by atoms with Crippen LogP contribution in [0.4, 0.5) is 0 Å². The number of rotatable bonds is 9. The van der Waals surface area contributed by atoms with E-state index in [1.165, 1.54) is 29.1 Å². The van der Waals surface area contributed by atoms with Crippen molar-refractivity contribution < 1.29 is 13.2 Å². The molecule has 0 atom stereocenters. The van der Waals surface area contributed by atoms with Crippen LogP contribution in [0, 0.1) is 11.8 Å². The Hall–Kier alpha value is -1.44. The van der Waals surface area contributed by atoms with Crippen LogP contribution in [-0.2, 0) is 21.2 Å². The van der Waals surface area contributed by atoms with Gasteiger partial charge in [-0.15, -0.1) is 0 Å². The fraction of sp³-hybridized carbons (Fsp3) is 0.696. The summed E-state index contributed by atoms with van der Waals surface area (Å²) in [6.45, 7) is 6.63. The van der Waals surface area contributed by atoms with E-state index in [0.29, 0.717) is 32.5 Å². The Labute approximate surface area is 182 Å². The van der Waals surface area contributed by atoms with Crippen molar-refractivity contribution >= 4 is 15.9 Å². The molecule has 0 radical (unpaired) electrons. The number of carbonyl (C=O) groups is 1. The summed E-state index contributed by atoms with van der Waals surface area (Å²) in [6, 6.07) is 10.8. The van der Waals surface area contributed by atoms with Crippen LogP contribution in [0.15, 0.2) is 30.3 Å². The molecule has 6 nitrogen and oxygen atoms in total. The van der Waals surface area contributed by atoms with Crippen LogP contribution in [0.3, 0.4) is 0 Å². The quantitative estimate of drug-likeness (QED) is 0.605. The summed E-state index contributed by atoms with van der Waals surface area (Å²) < 4.78 is 25.4. The zero-order chi connectivity index (χ0) is 21.4. The predicted molar refractivity (Wildman–Crippen MR) is 121 cm³/mol. The Morgan fingerprint density at radius 2 is 1.70 bits per heavy atom. The van der Waals surface area contributed by atoms with Gasteiger partial charge in [-0.3, -0.25) is 4.79 Å². The van der Waals surface area contributed by atoms with Gasteiger partial charge >= 0.3 is 0 Å². The first kappa shape index (κ1) is 23.2. The Morgan fingerprint density at radius 3 is 2.33 bits per heavy atom. The summed E-state index contributed by atoms with van der Waals surface area (Å²) in [4.78, 5) is 14.9. The monoisotopic (exact) mass is 435 g/mol. The maximum Gasteiger partial charge on any atom is 0.223 e. The number of carbonyl (C=O) groups excluding carboxylic acids is 1. The summed E-state index contributed by atoms with van der Waals surface area (Å²) in [5, 5.41) is 3.07. The highest BCUT2D eigenvalue weighted by molar-refractivity contribution is 7.89. The average molecular weight is 436 g/mol. The number of benzene rings is 1. The molecule has 1 aromatic carbocycles. The van der Waals surface area contributed by atoms with Crippen LogP contribution in [-0.4, -0.2) is 68.6 Å². The van der Waals surface area contributed by atoms with Crippen LogP contribution in [0.5, 0.6) is 0 Å². The molecule has 3 rings (SSSR count). The van der Waals surface area contributed by atoms with Crippen molar-refractivity contribution in [2.75, 3.05) is 45.0 Å². The molecule has 0 spiro atoms. The largest absolute Gasteiger partial charge is 0.356 e. The Balaban J connectivity index is 1.26. The van der Waals surface area contributed by atoms with Gasteiger partial charge in [0.15, 0.2) is 0 Å². The van der Waals surface area contributed by atoms with Gasteiger partial charge in [0.1, 0.15) is 0 Å². The Kier molecular flexibility index (Phi) is 8.72. The molecule has 2 saturated heterocycles. The van der Waals surface area contributed by atoms with Gasteiger partial charge < -0.3 is 10.2 Å². The molecule has 1 N–H and O–H groups in total. The second-order valence-electron chi connectivity index (χ2n) is 8.69. The minimum atomic E-state index is -3.13. The van der Waals surface area contributed by atoms with Gasteiger partial charge in [0.05, 0.1) is 5.75 Å². The maximum absolute atomic E-state index is 12.4. The zero-order valence-corrected chi connectivity index (χ0v) is 19.1. The molecule has 2 fully saturated rings. The number of hydrogen-bond acceptors (Lipinski definition) is 4. The van der Waals surface area contributed by atoms with Crippen LogP contribution in [0.25, 0.3) is 0 Å². The standard InChI is InChI=1S/C23H37N3O3S/c1-2-30(28,29)26-17-11-22(12-18-26)23(27)24-13-6-14-25-15-9-21(10-16-25)19-20-7-4-3-5-8-20/h3-5,7-8,21-22H,2,6,9-19H2,1H3,(H,24,27). The van der Waals surface area contributed by atoms with Crippen molar-refractivity contribution in [3.63, 3.8) is 0 Å². The lowest BCUT2D eigenvalue weighted by Crippen LogP contribution is -2.44. The van der Waals surface area contributed by atoms with Gasteiger partial charge in [-0.1, -0.05) is 30.3 Å². The lowest BCUT2D eigenvalue weighted by molar-refractivity contribution is -0.126. The third kappa shape index (κ3) is 6.79. The predicted octanol–water partition coefficient (Wildman–Crippen LogP) is 2.51. The van der Waals surface area contributed by atoms with E-state index in [0.717, 1.165) is 32.0 Å². The van der Waals surface area contributed by atoms with E-state index >= 15 is 0 Å². The van der Waals surface area contributed by atoms with Gasteiger partial charge in [-0.25, -0.2) is 12.7 Å². The molecule has 7 heteroatoms. The van der Waals surface area contributed by atoms with Crippen molar-refractivity contribution in [1.82, 2.24) is 14.5 Å². The molecule has 168 valence electrons. The minimum Gasteiger partial charge on any atom is -0.356 e. The van der Waals surface area contributed by atoms with E-state index in [-0.39, 0.29) is 17.6 Å². The van der Waals surface area contributed by atoms with E-state index in [1.54, 1.807) is 6.92 Å². The summed E-state index contributed by atoms with van der Waals surface area (Å²) in [5.41, 5.74) is 1.44. The topological polar surface area (TPSA) is 69.7 Å². The third-order valence-corrected chi connectivity index (χ3v) is 8.49. The summed E-state index contributed by atoms with van der Waals surface area (Å²) in [7, 11) is -3.13. The van der Waals surface area contributed by atoms with Crippen molar-refractivity contribution in [3.8, 4) is 0 Å². The van der Waals surface area contributed by atoms with Crippen molar-refractivity contribution in [2.45, 2.75) is 45.4 Å². The second-order valence-corrected chi connectivity index (χ2v) is 11.0. The zero-order valence-electron chi connectivity index (χ0n) is 18.3. The molecule has 2 aliphatic heterocycles. The molecule has 0 unspecified atom stereocenters. The van der Waals surface area contributed by atoms with E-state index in [4.69, 9.17) is 0 Å². The molecule has 0 bridgehead atoms. The van der Waals surface area contributed by atoms with Gasteiger partial charge in [-0.05, 0) is 76.6 Å². The number of nitrogens with one attached hydrogen (secondary N) is 1. The first-order valence-corrected chi connectivity index (χ1v) is 13.1. The number of amides is 1. The third-order valence-electron chi connectivity index (χ3n) is 6.61. The Bertz CT molecular complexity index is 753. The van der Waals surface area contributed by atoms with Crippen molar-refractivity contribution in [2.24, 2.45) is 11.8 Å². The summed E-state index contributed by atoms with van der Waals surface area (Å²) >= 11 is 0. The van der Waals surface area contributed by atoms with Crippen LogP contribution in [0.2, 0.25) is 0 Å². The SMILES string of the molecule is CCS(=O)(=O)N1CCC(C(=O)NCCCN2CCC(Cc3ccccc3)CC2)CC1. The number of likely N-dealkylation sites (tertiary alicyclic amines) is 1. The van der Waals surface area contributed by atoms with E-state index in [2.05, 4.69) is 40.5 Å². The van der Waals surface area contributed by atoms with Gasteiger partial charge in [-0.2, -0.15) is 0 Å². The van der Waals surface area contributed by atoms with Gasteiger partial charge in [0.2, 0.25) is 15.9 Å². The highest BCUT2D eigenvalue weighted by Gasteiger charge is 2.30. The number of sulfonamides is 1. The molecule has 30 heavy (non-hydrogen) atoms. The highest BCUT2D eigenvalue weighted by Crippen LogP contribution is 2.22. The van der Waals surface area contributed by atoms with Gasteiger partial charge in [0, 0.05) is 25.6 Å². The molecule has 2 heterocycles. The molecule has 0 aromatic heterocycles. The van der Waals surface area contributed by atoms with E-state index < -0.39 is 10.0 Å². The fourth-order valence-electron chi connectivity index (χ4n) is 4.60.